The molecule has 0 atom stereocenters. The van der Waals surface area contributed by atoms with Crippen molar-refractivity contribution < 1.29 is 14.3 Å². The first kappa shape index (κ1) is 21.7. The predicted octanol–water partition coefficient (Wildman–Crippen LogP) is 3.58. The van der Waals surface area contributed by atoms with Gasteiger partial charge in [0, 0.05) is 22.4 Å². The smallest absolute Gasteiger partial charge is 0.337 e. The highest BCUT2D eigenvalue weighted by molar-refractivity contribution is 7.99. The fourth-order valence-electron chi connectivity index (χ4n) is 2.47. The van der Waals surface area contributed by atoms with Crippen LogP contribution in [0.2, 0.25) is 0 Å². The number of H-pyrrole nitrogens is 1. The second-order valence-electron chi connectivity index (χ2n) is 6.05. The van der Waals surface area contributed by atoms with E-state index in [4.69, 9.17) is 0 Å². The standard InChI is InChI=1S/C21H19N3O4S2/c1-28-20(27)14-6-5-7-15(10-14)22-19(26)13-30-21-23-16(11-18(25)24-21)12-29-17-8-3-2-4-9-17/h2-11H,12-13H2,1H3,(H,22,26)(H,23,24,25). The zero-order valence-corrected chi connectivity index (χ0v) is 17.7. The van der Waals surface area contributed by atoms with Gasteiger partial charge in [0.05, 0.1) is 24.1 Å². The Bertz CT molecular complexity index is 1090. The van der Waals surface area contributed by atoms with Crippen LogP contribution in [0.25, 0.3) is 0 Å². The van der Waals surface area contributed by atoms with Crippen LogP contribution in [0.1, 0.15) is 16.1 Å². The van der Waals surface area contributed by atoms with Crippen molar-refractivity contribution in [2.45, 2.75) is 15.8 Å². The van der Waals surface area contributed by atoms with Crippen molar-refractivity contribution in [3.63, 3.8) is 0 Å². The zero-order chi connectivity index (χ0) is 21.3. The van der Waals surface area contributed by atoms with Gasteiger partial charge in [0.25, 0.3) is 5.56 Å². The van der Waals surface area contributed by atoms with Gasteiger partial charge in [-0.05, 0) is 30.3 Å². The van der Waals surface area contributed by atoms with Gasteiger partial charge >= 0.3 is 5.97 Å². The topological polar surface area (TPSA) is 101 Å². The van der Waals surface area contributed by atoms with Crippen LogP contribution >= 0.6 is 23.5 Å². The first-order valence-corrected chi connectivity index (χ1v) is 10.9. The largest absolute Gasteiger partial charge is 0.465 e. The molecule has 9 heteroatoms. The maximum absolute atomic E-state index is 12.2. The Kier molecular flexibility index (Phi) is 7.69. The van der Waals surface area contributed by atoms with Gasteiger partial charge in [0.2, 0.25) is 5.91 Å². The third-order valence-electron chi connectivity index (χ3n) is 3.81. The quantitative estimate of drug-likeness (QED) is 0.313. The molecule has 0 radical (unpaired) electrons. The van der Waals surface area contributed by atoms with Crippen LogP contribution in [-0.4, -0.2) is 34.7 Å². The normalized spacial score (nSPS) is 10.4. The molecule has 1 aromatic heterocycles. The van der Waals surface area contributed by atoms with Gasteiger partial charge in [-0.15, -0.1) is 11.8 Å². The number of thioether (sulfide) groups is 2. The number of carbonyl (C=O) groups excluding carboxylic acids is 2. The van der Waals surface area contributed by atoms with E-state index in [0.717, 1.165) is 16.7 Å². The number of esters is 1. The summed E-state index contributed by atoms with van der Waals surface area (Å²) in [7, 11) is 1.30. The summed E-state index contributed by atoms with van der Waals surface area (Å²) in [6, 6.07) is 17.8. The lowest BCUT2D eigenvalue weighted by Gasteiger charge is -2.07. The van der Waals surface area contributed by atoms with E-state index in [2.05, 4.69) is 20.0 Å². The molecule has 154 valence electrons. The second kappa shape index (κ2) is 10.7. The fraction of sp³-hybridized carbons (Fsp3) is 0.143. The van der Waals surface area contributed by atoms with Crippen LogP contribution in [0.5, 0.6) is 0 Å². The molecule has 0 aliphatic rings. The number of hydrogen-bond donors (Lipinski definition) is 2. The number of carbonyl (C=O) groups is 2. The molecule has 7 nitrogen and oxygen atoms in total. The molecular formula is C21H19N3O4S2. The number of benzene rings is 2. The predicted molar refractivity (Wildman–Crippen MR) is 118 cm³/mol. The molecule has 0 aliphatic carbocycles. The van der Waals surface area contributed by atoms with Crippen LogP contribution < -0.4 is 10.9 Å². The minimum absolute atomic E-state index is 0.0562. The van der Waals surface area contributed by atoms with E-state index in [1.165, 1.54) is 19.2 Å². The van der Waals surface area contributed by atoms with Crippen LogP contribution in [0, 0.1) is 0 Å². The molecule has 0 bridgehead atoms. The lowest BCUT2D eigenvalue weighted by Crippen LogP contribution is -2.16. The molecule has 3 aromatic rings. The number of aromatic amines is 1. The van der Waals surface area contributed by atoms with Gasteiger partial charge in [0.1, 0.15) is 0 Å². The van der Waals surface area contributed by atoms with Crippen LogP contribution in [0.3, 0.4) is 0 Å². The number of anilines is 1. The first-order chi connectivity index (χ1) is 14.5. The first-order valence-electron chi connectivity index (χ1n) is 8.92. The number of rotatable bonds is 8. The van der Waals surface area contributed by atoms with E-state index in [0.29, 0.717) is 27.9 Å². The van der Waals surface area contributed by atoms with Crippen molar-refractivity contribution in [2.24, 2.45) is 0 Å². The van der Waals surface area contributed by atoms with E-state index in [1.54, 1.807) is 30.0 Å². The van der Waals surface area contributed by atoms with Crippen molar-refractivity contribution in [3.8, 4) is 0 Å². The van der Waals surface area contributed by atoms with Gasteiger partial charge in [-0.1, -0.05) is 36.0 Å². The summed E-state index contributed by atoms with van der Waals surface area (Å²) >= 11 is 2.71. The van der Waals surface area contributed by atoms with E-state index in [1.807, 2.05) is 30.3 Å². The lowest BCUT2D eigenvalue weighted by atomic mass is 10.2. The molecule has 0 aliphatic heterocycles. The van der Waals surface area contributed by atoms with Gasteiger partial charge < -0.3 is 15.0 Å². The zero-order valence-electron chi connectivity index (χ0n) is 16.1. The summed E-state index contributed by atoms with van der Waals surface area (Å²) in [6.07, 6.45) is 0. The Hall–Kier alpha value is -3.04. The number of amides is 1. The number of ether oxygens (including phenoxy) is 1. The highest BCUT2D eigenvalue weighted by Gasteiger charge is 2.10. The molecule has 0 unspecified atom stereocenters. The Labute approximate surface area is 181 Å². The number of hydrogen-bond acceptors (Lipinski definition) is 7. The Morgan fingerprint density at radius 3 is 2.63 bits per heavy atom. The van der Waals surface area contributed by atoms with Gasteiger partial charge in [0.15, 0.2) is 5.16 Å². The number of methoxy groups -OCH3 is 1. The SMILES string of the molecule is COC(=O)c1cccc(NC(=O)CSc2nc(CSc3ccccc3)cc(=O)[nH]2)c1. The van der Waals surface area contributed by atoms with Crippen molar-refractivity contribution in [2.75, 3.05) is 18.2 Å². The number of aromatic nitrogens is 2. The van der Waals surface area contributed by atoms with Gasteiger partial charge in [-0.3, -0.25) is 9.59 Å². The fourth-order valence-corrected chi connectivity index (χ4v) is 3.98. The van der Waals surface area contributed by atoms with E-state index < -0.39 is 5.97 Å². The maximum Gasteiger partial charge on any atom is 0.337 e. The molecule has 2 N–H and O–H groups in total. The molecule has 30 heavy (non-hydrogen) atoms. The maximum atomic E-state index is 12.2. The molecule has 3 rings (SSSR count). The second-order valence-corrected chi connectivity index (χ2v) is 8.07. The third kappa shape index (κ3) is 6.50. The molecular weight excluding hydrogens is 422 g/mol. The summed E-state index contributed by atoms with van der Waals surface area (Å²) in [5.41, 5.74) is 1.21. The molecule has 0 saturated heterocycles. The van der Waals surface area contributed by atoms with E-state index in [-0.39, 0.29) is 17.2 Å². The van der Waals surface area contributed by atoms with E-state index in [9.17, 15) is 14.4 Å². The molecule has 1 amide bonds. The third-order valence-corrected chi connectivity index (χ3v) is 5.73. The Morgan fingerprint density at radius 1 is 1.07 bits per heavy atom. The van der Waals surface area contributed by atoms with Crippen molar-refractivity contribution in [1.29, 1.82) is 0 Å². The summed E-state index contributed by atoms with van der Waals surface area (Å²) in [5, 5.41) is 3.10. The minimum Gasteiger partial charge on any atom is -0.465 e. The molecule has 0 spiro atoms. The monoisotopic (exact) mass is 441 g/mol. The van der Waals surface area contributed by atoms with Crippen LogP contribution in [-0.2, 0) is 15.3 Å². The molecule has 0 saturated carbocycles. The van der Waals surface area contributed by atoms with Crippen LogP contribution in [0.4, 0.5) is 5.69 Å². The molecule has 1 heterocycles. The van der Waals surface area contributed by atoms with Crippen molar-refractivity contribution in [3.05, 3.63) is 82.3 Å². The van der Waals surface area contributed by atoms with Crippen molar-refractivity contribution in [1.82, 2.24) is 9.97 Å². The molecule has 2 aromatic carbocycles. The highest BCUT2D eigenvalue weighted by atomic mass is 32.2. The molecule has 0 fully saturated rings. The highest BCUT2D eigenvalue weighted by Crippen LogP contribution is 2.22. The van der Waals surface area contributed by atoms with Crippen molar-refractivity contribution >= 4 is 41.1 Å². The van der Waals surface area contributed by atoms with Gasteiger partial charge in [-0.25, -0.2) is 9.78 Å². The average Bonchev–Trinajstić information content (AvgIpc) is 2.76. The summed E-state index contributed by atoms with van der Waals surface area (Å²) in [6.45, 7) is 0. The average molecular weight is 442 g/mol. The number of nitrogens with zero attached hydrogens (tertiary/aromatic N) is 1. The number of nitrogens with one attached hydrogen (secondary N) is 2. The lowest BCUT2D eigenvalue weighted by molar-refractivity contribution is -0.113. The van der Waals surface area contributed by atoms with E-state index >= 15 is 0 Å². The Morgan fingerprint density at radius 2 is 1.87 bits per heavy atom. The van der Waals surface area contributed by atoms with Crippen LogP contribution in [0.15, 0.2) is 75.5 Å². The Balaban J connectivity index is 1.57. The summed E-state index contributed by atoms with van der Waals surface area (Å²) in [4.78, 5) is 43.9. The minimum atomic E-state index is -0.479. The van der Waals surface area contributed by atoms with Gasteiger partial charge in [-0.2, -0.15) is 0 Å². The summed E-state index contributed by atoms with van der Waals surface area (Å²) in [5.74, 6) is -0.157. The summed E-state index contributed by atoms with van der Waals surface area (Å²) < 4.78 is 4.67.